The third kappa shape index (κ3) is 1.78. The molecule has 82 valence electrons. The average Bonchev–Trinajstić information content (AvgIpc) is 2.29. The van der Waals surface area contributed by atoms with Gasteiger partial charge in [0, 0.05) is 0 Å². The van der Waals surface area contributed by atoms with Gasteiger partial charge in [0.2, 0.25) is 0 Å². The van der Waals surface area contributed by atoms with E-state index in [-0.39, 0.29) is 0 Å². The Hall–Kier alpha value is 0.490. The fraction of sp³-hybridized carbons (Fsp3) is 0. The number of fused-ring (bicyclic) bond motifs is 2. The van der Waals surface area contributed by atoms with Gasteiger partial charge in [0.05, 0.1) is 0 Å². The second-order valence-electron chi connectivity index (χ2n) is 3.46. The molecule has 1 aliphatic rings. The zero-order valence-electron chi connectivity index (χ0n) is 8.19. The number of rotatable bonds is 0. The number of halogens is 2. The van der Waals surface area contributed by atoms with E-state index in [1.165, 1.54) is 7.22 Å². The summed E-state index contributed by atoms with van der Waals surface area (Å²) in [7, 11) is -2.20. The van der Waals surface area contributed by atoms with Crippen molar-refractivity contribution >= 4 is 54.9 Å². The van der Waals surface area contributed by atoms with Crippen LogP contribution in [0.25, 0.3) is 0 Å². The minimum atomic E-state index is -2.20. The Morgan fingerprint density at radius 1 is 0.750 bits per heavy atom. The summed E-state index contributed by atoms with van der Waals surface area (Å²) in [6.07, 6.45) is 0. The minimum absolute atomic E-state index is 1.05. The van der Waals surface area contributed by atoms with E-state index in [1.54, 1.807) is 0 Å². The molecule has 1 nitrogen and oxygen atoms in total. The predicted octanol–water partition coefficient (Wildman–Crippen LogP) is 3.22. The van der Waals surface area contributed by atoms with Gasteiger partial charge in [0.15, 0.2) is 0 Å². The van der Waals surface area contributed by atoms with E-state index in [2.05, 4.69) is 73.8 Å². The first kappa shape index (κ1) is 11.6. The summed E-state index contributed by atoms with van der Waals surface area (Å²) in [5.74, 6) is 2.09. The topological polar surface area (TPSA) is 9.23 Å². The molecule has 0 bridgehead atoms. The Bertz CT molecular complexity index is 507. The van der Waals surface area contributed by atoms with E-state index in [1.807, 2.05) is 12.1 Å². The Morgan fingerprint density at radius 3 is 1.69 bits per heavy atom. The van der Waals surface area contributed by atoms with Gasteiger partial charge in [0.1, 0.15) is 0 Å². The Balaban J connectivity index is 2.28. The fourth-order valence-electron chi connectivity index (χ4n) is 1.73. The average molecular weight is 550 g/mol. The van der Waals surface area contributed by atoms with Gasteiger partial charge in [-0.2, -0.15) is 0 Å². The van der Waals surface area contributed by atoms with Crippen LogP contribution in [0.3, 0.4) is 0 Å². The van der Waals surface area contributed by atoms with E-state index in [0.29, 0.717) is 0 Å². The molecule has 2 aromatic carbocycles. The molecule has 0 spiro atoms. The second kappa shape index (κ2) is 4.30. The van der Waals surface area contributed by atoms with Gasteiger partial charge in [-0.15, -0.1) is 0 Å². The molecule has 4 heteroatoms. The fourth-order valence-corrected chi connectivity index (χ4v) is 15.7. The van der Waals surface area contributed by atoms with Crippen LogP contribution in [0, 0.1) is 0 Å². The van der Waals surface area contributed by atoms with Crippen LogP contribution in [-0.4, -0.2) is 10.3 Å². The zero-order chi connectivity index (χ0) is 11.2. The quantitative estimate of drug-likeness (QED) is 0.363. The molecule has 0 aromatic heterocycles. The third-order valence-electron chi connectivity index (χ3n) is 2.47. The molecule has 0 saturated heterocycles. The molecule has 1 aliphatic heterocycles. The molecule has 16 heavy (non-hydrogen) atoms. The summed E-state index contributed by atoms with van der Waals surface area (Å²) >= 11 is 5.34. The molecule has 3 rings (SSSR count). The first-order valence-electron chi connectivity index (χ1n) is 4.78. The van der Waals surface area contributed by atoms with Gasteiger partial charge >= 0.3 is 120 Å². The zero-order valence-corrected chi connectivity index (χ0v) is 14.8. The van der Waals surface area contributed by atoms with Gasteiger partial charge < -0.3 is 0 Å². The predicted molar refractivity (Wildman–Crippen MR) is 86.0 cm³/mol. The third-order valence-corrected chi connectivity index (χ3v) is 20.3. The van der Waals surface area contributed by atoms with Crippen molar-refractivity contribution in [3.05, 3.63) is 48.5 Å². The maximum atomic E-state index is 5.95. The van der Waals surface area contributed by atoms with Gasteiger partial charge in [-0.1, -0.05) is 0 Å². The first-order valence-corrected chi connectivity index (χ1v) is 20.7. The van der Waals surface area contributed by atoms with Gasteiger partial charge in [-0.05, 0) is 0 Å². The van der Waals surface area contributed by atoms with Crippen molar-refractivity contribution < 1.29 is 4.74 Å². The summed E-state index contributed by atoms with van der Waals surface area (Å²) in [6.45, 7) is 0. The molecule has 0 aliphatic carbocycles. The summed E-state index contributed by atoms with van der Waals surface area (Å²) < 4.78 is 8.79. The molecule has 0 amide bonds. The summed E-state index contributed by atoms with van der Waals surface area (Å²) in [6, 6.07) is 16.9. The summed E-state index contributed by atoms with van der Waals surface area (Å²) in [4.78, 5) is 0. The van der Waals surface area contributed by atoms with Crippen LogP contribution in [-0.2, 0) is 0 Å². The van der Waals surface area contributed by atoms with E-state index < -0.39 is 10.3 Å². The SMILES string of the molecule is I[Te]1(I)c2ccccc2Oc2ccccc21. The van der Waals surface area contributed by atoms with Crippen LogP contribution in [0.2, 0.25) is 0 Å². The van der Waals surface area contributed by atoms with E-state index in [9.17, 15) is 0 Å². The van der Waals surface area contributed by atoms with Crippen molar-refractivity contribution in [3.8, 4) is 11.5 Å². The molecular formula is C12H8I2OTe. The maximum absolute atomic E-state index is 5.95. The van der Waals surface area contributed by atoms with Gasteiger partial charge in [0.25, 0.3) is 0 Å². The van der Waals surface area contributed by atoms with Crippen LogP contribution < -0.4 is 12.0 Å². The monoisotopic (exact) mass is 552 g/mol. The molecule has 1 heterocycles. The van der Waals surface area contributed by atoms with Crippen LogP contribution in [0.1, 0.15) is 0 Å². The molecule has 0 saturated carbocycles. The molecule has 0 N–H and O–H groups in total. The molecule has 2 aromatic rings. The summed E-state index contributed by atoms with van der Waals surface area (Å²) in [5, 5.41) is 0. The number of ether oxygens (including phenoxy) is 1. The Morgan fingerprint density at radius 2 is 1.19 bits per heavy atom. The van der Waals surface area contributed by atoms with Crippen molar-refractivity contribution in [2.75, 3.05) is 0 Å². The number of para-hydroxylation sites is 2. The normalized spacial score (nSPS) is 17.9. The molecule has 0 fully saturated rings. The second-order valence-corrected chi connectivity index (χ2v) is 37.7. The molecular weight excluding hydrogens is 542 g/mol. The van der Waals surface area contributed by atoms with Gasteiger partial charge in [-0.25, -0.2) is 0 Å². The number of benzene rings is 2. The van der Waals surface area contributed by atoms with Crippen molar-refractivity contribution in [2.45, 2.75) is 0 Å². The number of hydrogen-bond donors (Lipinski definition) is 0. The standard InChI is InChI=1S/C12H8I2OTe/c13-16(14)11-7-3-1-5-9(11)15-10-6-2-4-8-12(10)16/h1-8H. The van der Waals surface area contributed by atoms with E-state index >= 15 is 0 Å². The van der Waals surface area contributed by atoms with Crippen molar-refractivity contribution in [1.29, 1.82) is 0 Å². The molecule has 0 radical (unpaired) electrons. The molecule has 0 unspecified atom stereocenters. The molecule has 0 atom stereocenters. The van der Waals surface area contributed by atoms with Gasteiger partial charge in [-0.3, -0.25) is 0 Å². The van der Waals surface area contributed by atoms with E-state index in [0.717, 1.165) is 11.5 Å². The number of hydrogen-bond acceptors (Lipinski definition) is 1. The van der Waals surface area contributed by atoms with E-state index in [4.69, 9.17) is 4.74 Å². The Labute approximate surface area is 118 Å². The van der Waals surface area contributed by atoms with Crippen molar-refractivity contribution in [1.82, 2.24) is 0 Å². The first-order chi connectivity index (χ1) is 7.69. The Kier molecular flexibility index (Phi) is 3.11. The summed E-state index contributed by atoms with van der Waals surface area (Å²) in [5.41, 5.74) is 0. The van der Waals surface area contributed by atoms with Crippen LogP contribution in [0.5, 0.6) is 11.5 Å². The van der Waals surface area contributed by atoms with Crippen LogP contribution in [0.4, 0.5) is 0 Å². The van der Waals surface area contributed by atoms with Crippen molar-refractivity contribution in [3.63, 3.8) is 0 Å². The van der Waals surface area contributed by atoms with Crippen LogP contribution in [0.15, 0.2) is 48.5 Å². The van der Waals surface area contributed by atoms with Crippen LogP contribution >= 0.6 is 37.4 Å². The van der Waals surface area contributed by atoms with Crippen molar-refractivity contribution in [2.24, 2.45) is 0 Å².